The van der Waals surface area contributed by atoms with Gasteiger partial charge < -0.3 is 10.1 Å². The van der Waals surface area contributed by atoms with E-state index in [1.54, 1.807) is 17.8 Å². The number of alkyl halides is 3. The van der Waals surface area contributed by atoms with E-state index in [0.29, 0.717) is 22.8 Å². The van der Waals surface area contributed by atoms with Gasteiger partial charge in [-0.15, -0.1) is 0 Å². The second-order valence-corrected chi connectivity index (χ2v) is 9.18. The van der Waals surface area contributed by atoms with E-state index in [-0.39, 0.29) is 18.1 Å². The molecule has 2 aromatic heterocycles. The molecule has 1 saturated heterocycles. The summed E-state index contributed by atoms with van der Waals surface area (Å²) in [4.78, 5) is 13.0. The number of rotatable bonds is 3. The number of halogens is 3. The molecule has 1 saturated carbocycles. The summed E-state index contributed by atoms with van der Waals surface area (Å²) in [6, 6.07) is 10.6. The topological polar surface area (TPSA) is 61.1 Å². The molecule has 3 heterocycles. The maximum atomic E-state index is 13.0. The van der Waals surface area contributed by atoms with Gasteiger partial charge in [0, 0.05) is 53.8 Å². The van der Waals surface area contributed by atoms with Crippen LogP contribution in [0, 0.1) is 5.92 Å². The number of amides is 1. The summed E-state index contributed by atoms with van der Waals surface area (Å²) >= 11 is 0. The number of ether oxygens (including phenoxy) is 1. The maximum absolute atomic E-state index is 13.0. The monoisotopic (exact) mass is 468 g/mol. The fourth-order valence-electron chi connectivity index (χ4n) is 5.31. The minimum Gasteiger partial charge on any atom is -0.378 e. The smallest absolute Gasteiger partial charge is 0.378 e. The quantitative estimate of drug-likeness (QED) is 0.468. The molecule has 0 radical (unpaired) electrons. The zero-order valence-electron chi connectivity index (χ0n) is 18.5. The third kappa shape index (κ3) is 3.37. The maximum Gasteiger partial charge on any atom is 0.416 e. The highest BCUT2D eigenvalue weighted by atomic mass is 19.4. The Morgan fingerprint density at radius 1 is 1.15 bits per heavy atom. The minimum absolute atomic E-state index is 0.128. The van der Waals surface area contributed by atoms with Crippen molar-refractivity contribution < 1.29 is 22.7 Å². The highest BCUT2D eigenvalue weighted by molar-refractivity contribution is 6.10. The molecule has 9 heteroatoms. The number of hydrogen-bond donors (Lipinski definition) is 1. The predicted molar refractivity (Wildman–Crippen MR) is 121 cm³/mol. The average Bonchev–Trinajstić information content (AvgIpc) is 3.31. The summed E-state index contributed by atoms with van der Waals surface area (Å²) in [6.45, 7) is 0.801. The highest BCUT2D eigenvalue weighted by Gasteiger charge is 2.44. The molecule has 2 fully saturated rings. The summed E-state index contributed by atoms with van der Waals surface area (Å²) < 4.78 is 48.3. The zero-order valence-corrected chi connectivity index (χ0v) is 18.5. The molecular weight excluding hydrogens is 445 g/mol. The Bertz CT molecular complexity index is 1400. The molecule has 2 aromatic carbocycles. The van der Waals surface area contributed by atoms with E-state index in [4.69, 9.17) is 4.74 Å². The van der Waals surface area contributed by atoms with E-state index in [0.717, 1.165) is 54.3 Å². The van der Waals surface area contributed by atoms with Crippen molar-refractivity contribution >= 4 is 27.8 Å². The summed E-state index contributed by atoms with van der Waals surface area (Å²) in [7, 11) is 1.79. The van der Waals surface area contributed by atoms with Crippen LogP contribution in [0.15, 0.2) is 48.7 Å². The van der Waals surface area contributed by atoms with E-state index in [2.05, 4.69) is 10.4 Å². The van der Waals surface area contributed by atoms with Crippen LogP contribution in [-0.2, 0) is 18.0 Å². The van der Waals surface area contributed by atoms with Gasteiger partial charge in [0.1, 0.15) is 0 Å². The number of aromatic nitrogens is 3. The molecule has 176 valence electrons. The fraction of sp³-hybridized carbons (Fsp3) is 0.360. The van der Waals surface area contributed by atoms with Crippen LogP contribution in [-0.4, -0.2) is 39.0 Å². The molecule has 6 nitrogen and oxygen atoms in total. The molecular formula is C25H23F3N4O2. The van der Waals surface area contributed by atoms with Gasteiger partial charge in [0.25, 0.3) is 5.91 Å². The van der Waals surface area contributed by atoms with Crippen LogP contribution in [0.5, 0.6) is 0 Å². The lowest BCUT2D eigenvalue weighted by atomic mass is 9.72. The van der Waals surface area contributed by atoms with Crippen molar-refractivity contribution in [3.8, 4) is 5.69 Å². The van der Waals surface area contributed by atoms with Gasteiger partial charge in [-0.2, -0.15) is 18.3 Å². The van der Waals surface area contributed by atoms with E-state index >= 15 is 0 Å². The van der Waals surface area contributed by atoms with Gasteiger partial charge in [0.2, 0.25) is 0 Å². The van der Waals surface area contributed by atoms with Crippen LogP contribution in [0.4, 0.5) is 13.2 Å². The van der Waals surface area contributed by atoms with Crippen LogP contribution < -0.4 is 5.32 Å². The van der Waals surface area contributed by atoms with E-state index in [9.17, 15) is 18.0 Å². The molecule has 0 unspecified atom stereocenters. The van der Waals surface area contributed by atoms with Crippen LogP contribution in [0.3, 0.4) is 0 Å². The van der Waals surface area contributed by atoms with Crippen LogP contribution in [0.25, 0.3) is 27.6 Å². The van der Waals surface area contributed by atoms with E-state index in [1.165, 1.54) is 12.1 Å². The molecule has 0 bridgehead atoms. The van der Waals surface area contributed by atoms with Crippen molar-refractivity contribution in [2.45, 2.75) is 37.6 Å². The lowest BCUT2D eigenvalue weighted by Crippen LogP contribution is -2.57. The SMILES string of the molecule is Cn1cc2c3cc(C(=O)N[C@@H]4C[C@@H]5OCCC[C@@H]54)ccc3n(-c3ccc(C(F)(F)F)cc3)c2n1. The van der Waals surface area contributed by atoms with Crippen molar-refractivity contribution in [1.29, 1.82) is 0 Å². The number of aryl methyl sites for hydroxylation is 1. The molecule has 1 N–H and O–H groups in total. The third-order valence-electron chi connectivity index (χ3n) is 7.07. The Kier molecular flexibility index (Phi) is 4.74. The molecule has 1 aliphatic carbocycles. The van der Waals surface area contributed by atoms with E-state index in [1.807, 2.05) is 22.9 Å². The van der Waals surface area contributed by atoms with Crippen LogP contribution >= 0.6 is 0 Å². The molecule has 3 atom stereocenters. The first kappa shape index (κ1) is 21.2. The Morgan fingerprint density at radius 3 is 2.68 bits per heavy atom. The second-order valence-electron chi connectivity index (χ2n) is 9.18. The summed E-state index contributed by atoms with van der Waals surface area (Å²) in [5.41, 5.74) is 1.81. The largest absolute Gasteiger partial charge is 0.416 e. The second kappa shape index (κ2) is 7.59. The van der Waals surface area contributed by atoms with E-state index < -0.39 is 11.7 Å². The highest BCUT2D eigenvalue weighted by Crippen LogP contribution is 2.38. The first-order valence-corrected chi connectivity index (χ1v) is 11.4. The van der Waals surface area contributed by atoms with Crippen molar-refractivity contribution in [1.82, 2.24) is 19.7 Å². The fourth-order valence-corrected chi connectivity index (χ4v) is 5.31. The number of nitrogens with one attached hydrogen (secondary N) is 1. The molecule has 2 aliphatic rings. The zero-order chi connectivity index (χ0) is 23.6. The first-order valence-electron chi connectivity index (χ1n) is 11.4. The lowest BCUT2D eigenvalue weighted by molar-refractivity contribution is -0.137. The Morgan fingerprint density at radius 2 is 1.94 bits per heavy atom. The van der Waals surface area contributed by atoms with Gasteiger partial charge in [-0.05, 0) is 61.7 Å². The number of benzene rings is 2. The molecule has 34 heavy (non-hydrogen) atoms. The Labute approximate surface area is 193 Å². The van der Waals surface area contributed by atoms with Gasteiger partial charge in [0.15, 0.2) is 5.65 Å². The predicted octanol–water partition coefficient (Wildman–Crippen LogP) is 4.83. The Hall–Kier alpha value is -3.33. The molecule has 6 rings (SSSR count). The number of carbonyl (C=O) groups excluding carboxylic acids is 1. The van der Waals surface area contributed by atoms with Gasteiger partial charge in [-0.25, -0.2) is 0 Å². The standard InChI is InChI=1S/C25H23F3N4O2/c1-31-13-19-18-11-14(24(33)29-20-12-22-17(20)3-2-10-34-22)4-9-21(18)32(23(19)30-31)16-7-5-15(6-8-16)25(26,27)28/h4-9,11,13,17,20,22H,2-3,10,12H2,1H3,(H,29,33)/t17-,20-,22+/m1/s1. The van der Waals surface area contributed by atoms with Crippen LogP contribution in [0.1, 0.15) is 35.2 Å². The third-order valence-corrected chi connectivity index (χ3v) is 7.07. The van der Waals surface area contributed by atoms with Gasteiger partial charge >= 0.3 is 6.18 Å². The van der Waals surface area contributed by atoms with Crippen molar-refractivity contribution in [3.63, 3.8) is 0 Å². The normalized spacial score (nSPS) is 22.5. The van der Waals surface area contributed by atoms with Gasteiger partial charge in [-0.1, -0.05) is 0 Å². The number of nitrogens with zero attached hydrogens (tertiary/aromatic N) is 3. The molecule has 4 aromatic rings. The summed E-state index contributed by atoms with van der Waals surface area (Å²) in [5, 5.41) is 9.34. The number of carbonyl (C=O) groups is 1. The number of fused-ring (bicyclic) bond motifs is 4. The summed E-state index contributed by atoms with van der Waals surface area (Å²) in [6.07, 6.45) is 0.654. The Balaban J connectivity index is 1.36. The van der Waals surface area contributed by atoms with Gasteiger partial charge in [-0.3, -0.25) is 14.0 Å². The average molecular weight is 468 g/mol. The van der Waals surface area contributed by atoms with Crippen molar-refractivity contribution in [3.05, 3.63) is 59.8 Å². The first-order chi connectivity index (χ1) is 16.3. The minimum atomic E-state index is -4.40. The van der Waals surface area contributed by atoms with Crippen molar-refractivity contribution in [2.24, 2.45) is 13.0 Å². The molecule has 1 amide bonds. The summed E-state index contributed by atoms with van der Waals surface area (Å²) in [5.74, 6) is 0.252. The lowest BCUT2D eigenvalue weighted by Gasteiger charge is -2.47. The number of hydrogen-bond acceptors (Lipinski definition) is 3. The van der Waals surface area contributed by atoms with Crippen LogP contribution in [0.2, 0.25) is 0 Å². The molecule has 0 spiro atoms. The molecule has 1 aliphatic heterocycles. The van der Waals surface area contributed by atoms with Crippen molar-refractivity contribution in [2.75, 3.05) is 6.61 Å². The van der Waals surface area contributed by atoms with Gasteiger partial charge in [0.05, 0.1) is 17.2 Å².